The highest BCUT2D eigenvalue weighted by Gasteiger charge is 2.31. The summed E-state index contributed by atoms with van der Waals surface area (Å²) in [6, 6.07) is 0. The van der Waals surface area contributed by atoms with Gasteiger partial charge in [0.2, 0.25) is 10.0 Å². The van der Waals surface area contributed by atoms with Gasteiger partial charge in [0.25, 0.3) is 0 Å². The third kappa shape index (κ3) is 3.90. The number of piperidine rings is 1. The quantitative estimate of drug-likeness (QED) is 0.551. The number of carbonyl (C=O) groups is 1. The maximum absolute atomic E-state index is 11.9. The van der Waals surface area contributed by atoms with E-state index in [1.54, 1.807) is 0 Å². The SMILES string of the molecule is COC(=O)CS(=O)(=O)N1CCCC(C(N)=S)C1. The van der Waals surface area contributed by atoms with E-state index >= 15 is 0 Å². The first-order valence-electron chi connectivity index (χ1n) is 5.21. The third-order valence-electron chi connectivity index (χ3n) is 2.71. The van der Waals surface area contributed by atoms with E-state index in [0.29, 0.717) is 18.0 Å². The first-order chi connectivity index (χ1) is 7.86. The first-order valence-corrected chi connectivity index (χ1v) is 7.22. The van der Waals surface area contributed by atoms with E-state index in [4.69, 9.17) is 18.0 Å². The summed E-state index contributed by atoms with van der Waals surface area (Å²) in [7, 11) is -2.46. The molecule has 6 nitrogen and oxygen atoms in total. The van der Waals surface area contributed by atoms with Gasteiger partial charge in [-0.2, -0.15) is 0 Å². The van der Waals surface area contributed by atoms with Gasteiger partial charge in [-0.05, 0) is 12.8 Å². The summed E-state index contributed by atoms with van der Waals surface area (Å²) in [5.41, 5.74) is 5.52. The zero-order chi connectivity index (χ0) is 13.1. The van der Waals surface area contributed by atoms with E-state index in [1.807, 2.05) is 0 Å². The third-order valence-corrected chi connectivity index (χ3v) is 4.76. The van der Waals surface area contributed by atoms with Crippen molar-refractivity contribution in [3.8, 4) is 0 Å². The van der Waals surface area contributed by atoms with Gasteiger partial charge >= 0.3 is 5.97 Å². The number of hydrogen-bond donors (Lipinski definition) is 1. The van der Waals surface area contributed by atoms with Gasteiger partial charge < -0.3 is 10.5 Å². The van der Waals surface area contributed by atoms with E-state index in [0.717, 1.165) is 13.5 Å². The maximum atomic E-state index is 11.9. The number of nitrogens with zero attached hydrogens (tertiary/aromatic N) is 1. The number of carbonyl (C=O) groups excluding carboxylic acids is 1. The summed E-state index contributed by atoms with van der Waals surface area (Å²) < 4.78 is 29.3. The fourth-order valence-corrected chi connectivity index (χ4v) is 3.33. The van der Waals surface area contributed by atoms with Crippen LogP contribution < -0.4 is 5.73 Å². The van der Waals surface area contributed by atoms with Crippen LogP contribution in [-0.2, 0) is 19.6 Å². The number of rotatable bonds is 4. The van der Waals surface area contributed by atoms with Gasteiger partial charge in [0.05, 0.1) is 12.1 Å². The van der Waals surface area contributed by atoms with Crippen LogP contribution in [0.15, 0.2) is 0 Å². The highest BCUT2D eigenvalue weighted by molar-refractivity contribution is 7.89. The molecule has 1 atom stereocenters. The zero-order valence-corrected chi connectivity index (χ0v) is 11.2. The lowest BCUT2D eigenvalue weighted by Gasteiger charge is -2.30. The lowest BCUT2D eigenvalue weighted by atomic mass is 10.0. The molecule has 1 heterocycles. The molecule has 17 heavy (non-hydrogen) atoms. The second-order valence-corrected chi connectivity index (χ2v) is 6.37. The summed E-state index contributed by atoms with van der Waals surface area (Å²) in [6.45, 7) is 0.660. The number of hydrogen-bond acceptors (Lipinski definition) is 5. The predicted octanol–water partition coefficient (Wildman–Crippen LogP) is -0.513. The Kier molecular flexibility index (Phi) is 4.84. The summed E-state index contributed by atoms with van der Waals surface area (Å²) in [5, 5.41) is 0. The standard InChI is InChI=1S/C9H16N2O4S2/c1-15-8(12)6-17(13,14)11-4-2-3-7(5-11)9(10)16/h7H,2-6H2,1H3,(H2,10,16). The van der Waals surface area contributed by atoms with Crippen molar-refractivity contribution < 1.29 is 17.9 Å². The fourth-order valence-electron chi connectivity index (χ4n) is 1.73. The van der Waals surface area contributed by atoms with E-state index in [1.165, 1.54) is 4.31 Å². The molecule has 0 spiro atoms. The van der Waals surface area contributed by atoms with Gasteiger partial charge in [0.1, 0.15) is 0 Å². The van der Waals surface area contributed by atoms with Crippen molar-refractivity contribution in [3.05, 3.63) is 0 Å². The molecule has 0 amide bonds. The molecule has 1 saturated heterocycles. The molecular weight excluding hydrogens is 264 g/mol. The highest BCUT2D eigenvalue weighted by atomic mass is 32.2. The van der Waals surface area contributed by atoms with Crippen LogP contribution in [0.25, 0.3) is 0 Å². The van der Waals surface area contributed by atoms with Gasteiger partial charge in [-0.3, -0.25) is 4.79 Å². The molecule has 1 unspecified atom stereocenters. The summed E-state index contributed by atoms with van der Waals surface area (Å²) in [4.78, 5) is 11.3. The van der Waals surface area contributed by atoms with Crippen molar-refractivity contribution in [2.75, 3.05) is 26.0 Å². The molecule has 0 aromatic heterocycles. The van der Waals surface area contributed by atoms with Gasteiger partial charge in [-0.1, -0.05) is 12.2 Å². The Morgan fingerprint density at radius 3 is 2.76 bits per heavy atom. The number of methoxy groups -OCH3 is 1. The summed E-state index contributed by atoms with van der Waals surface area (Å²) in [6.07, 6.45) is 1.49. The van der Waals surface area contributed by atoms with E-state index < -0.39 is 21.7 Å². The molecule has 1 aliphatic heterocycles. The predicted molar refractivity (Wildman–Crippen MR) is 66.9 cm³/mol. The maximum Gasteiger partial charge on any atom is 0.322 e. The van der Waals surface area contributed by atoms with Crippen molar-refractivity contribution in [2.45, 2.75) is 12.8 Å². The highest BCUT2D eigenvalue weighted by Crippen LogP contribution is 2.19. The molecule has 0 saturated carbocycles. The van der Waals surface area contributed by atoms with Crippen molar-refractivity contribution >= 4 is 33.2 Å². The lowest BCUT2D eigenvalue weighted by molar-refractivity contribution is -0.137. The minimum atomic E-state index is -3.62. The molecule has 0 aromatic rings. The smallest absolute Gasteiger partial charge is 0.322 e. The number of ether oxygens (including phenoxy) is 1. The van der Waals surface area contributed by atoms with E-state index in [2.05, 4.69) is 4.74 Å². The van der Waals surface area contributed by atoms with Crippen molar-refractivity contribution in [1.82, 2.24) is 4.31 Å². The molecule has 0 radical (unpaired) electrons. The largest absolute Gasteiger partial charge is 0.468 e. The van der Waals surface area contributed by atoms with Crippen LogP contribution in [-0.4, -0.2) is 49.6 Å². The Labute approximate surface area is 106 Å². The molecule has 0 aliphatic carbocycles. The molecule has 1 aliphatic rings. The number of sulfonamides is 1. The molecule has 1 fully saturated rings. The van der Waals surface area contributed by atoms with Crippen LogP contribution in [0.1, 0.15) is 12.8 Å². The van der Waals surface area contributed by atoms with Gasteiger partial charge in [0, 0.05) is 19.0 Å². The Morgan fingerprint density at radius 2 is 2.24 bits per heavy atom. The van der Waals surface area contributed by atoms with Crippen LogP contribution >= 0.6 is 12.2 Å². The molecule has 0 bridgehead atoms. The number of thiocarbonyl (C=S) groups is 1. The van der Waals surface area contributed by atoms with Crippen LogP contribution in [0.4, 0.5) is 0 Å². The molecule has 98 valence electrons. The average molecular weight is 280 g/mol. The average Bonchev–Trinajstić information content (AvgIpc) is 2.28. The molecule has 8 heteroatoms. The van der Waals surface area contributed by atoms with Crippen LogP contribution in [0, 0.1) is 5.92 Å². The minimum Gasteiger partial charge on any atom is -0.468 e. The minimum absolute atomic E-state index is 0.105. The van der Waals surface area contributed by atoms with Crippen LogP contribution in [0.3, 0.4) is 0 Å². The second kappa shape index (κ2) is 5.74. The Morgan fingerprint density at radius 1 is 1.59 bits per heavy atom. The van der Waals surface area contributed by atoms with Gasteiger partial charge in [-0.25, -0.2) is 12.7 Å². The Hall–Kier alpha value is -0.730. The zero-order valence-electron chi connectivity index (χ0n) is 9.59. The number of nitrogens with two attached hydrogens (primary N) is 1. The summed E-state index contributed by atoms with van der Waals surface area (Å²) in [5.74, 6) is -1.50. The van der Waals surface area contributed by atoms with E-state index in [9.17, 15) is 13.2 Å². The van der Waals surface area contributed by atoms with E-state index in [-0.39, 0.29) is 12.5 Å². The molecule has 2 N–H and O–H groups in total. The topological polar surface area (TPSA) is 89.7 Å². The summed E-state index contributed by atoms with van der Waals surface area (Å²) >= 11 is 4.87. The Balaban J connectivity index is 2.71. The van der Waals surface area contributed by atoms with Crippen LogP contribution in [0.2, 0.25) is 0 Å². The van der Waals surface area contributed by atoms with Gasteiger partial charge in [0.15, 0.2) is 5.75 Å². The second-order valence-electron chi connectivity index (χ2n) is 3.93. The lowest BCUT2D eigenvalue weighted by Crippen LogP contribution is -2.45. The van der Waals surface area contributed by atoms with Gasteiger partial charge in [-0.15, -0.1) is 0 Å². The Bertz CT molecular complexity index is 407. The monoisotopic (exact) mass is 280 g/mol. The molecule has 0 aromatic carbocycles. The normalized spacial score (nSPS) is 22.1. The van der Waals surface area contributed by atoms with Crippen molar-refractivity contribution in [1.29, 1.82) is 0 Å². The van der Waals surface area contributed by atoms with Crippen molar-refractivity contribution in [3.63, 3.8) is 0 Å². The first kappa shape index (κ1) is 14.3. The fraction of sp³-hybridized carbons (Fsp3) is 0.778. The van der Waals surface area contributed by atoms with Crippen LogP contribution in [0.5, 0.6) is 0 Å². The molecule has 1 rings (SSSR count). The number of esters is 1. The molecular formula is C9H16N2O4S2. The van der Waals surface area contributed by atoms with Crippen molar-refractivity contribution in [2.24, 2.45) is 11.7 Å².